The van der Waals surface area contributed by atoms with Gasteiger partial charge < -0.3 is 4.90 Å². The Balaban J connectivity index is 0.000000227. The van der Waals surface area contributed by atoms with Crippen molar-refractivity contribution < 1.29 is 0 Å². The highest BCUT2D eigenvalue weighted by molar-refractivity contribution is 7.99. The van der Waals surface area contributed by atoms with E-state index in [1.807, 2.05) is 23.9 Å². The highest BCUT2D eigenvalue weighted by atomic mass is 32.2. The Morgan fingerprint density at radius 2 is 1.53 bits per heavy atom. The first-order valence-corrected chi connectivity index (χ1v) is 12.6. The van der Waals surface area contributed by atoms with E-state index >= 15 is 0 Å². The molecule has 172 valence electrons. The number of benzene rings is 2. The van der Waals surface area contributed by atoms with Crippen LogP contribution in [0.1, 0.15) is 54.9 Å². The van der Waals surface area contributed by atoms with Crippen LogP contribution >= 0.6 is 11.8 Å². The third-order valence-corrected chi connectivity index (χ3v) is 6.80. The number of anilines is 2. The molecule has 2 heteroatoms. The standard InChI is InChI=1S/C16H28.C14H13NS/c1-8-10-11-14(9-2)15(13(3)4)12-16(5,6)7;1-2-15-11-7-3-5-9-13(11)16-14-10-6-4-8-12(14)15/h8-11,13,15H,1,12H2,2-7H3;3-10H,2H2,1H3/b11-10-,14-9+;. The van der Waals surface area contributed by atoms with E-state index in [1.54, 1.807) is 0 Å². The summed E-state index contributed by atoms with van der Waals surface area (Å²) in [6, 6.07) is 17.2. The van der Waals surface area contributed by atoms with Crippen molar-refractivity contribution in [1.29, 1.82) is 0 Å². The summed E-state index contributed by atoms with van der Waals surface area (Å²) in [6.07, 6.45) is 9.54. The Hall–Kier alpha value is -2.19. The smallest absolute Gasteiger partial charge is 0.0552 e. The van der Waals surface area contributed by atoms with Crippen molar-refractivity contribution in [3.63, 3.8) is 0 Å². The lowest BCUT2D eigenvalue weighted by atomic mass is 9.76. The minimum absolute atomic E-state index is 0.380. The molecule has 0 N–H and O–H groups in total. The van der Waals surface area contributed by atoms with Gasteiger partial charge in [0.15, 0.2) is 0 Å². The molecule has 2 aromatic carbocycles. The number of para-hydroxylation sites is 2. The maximum atomic E-state index is 3.73. The molecular weight excluding hydrogens is 406 g/mol. The number of rotatable bonds is 6. The molecule has 0 bridgehead atoms. The molecule has 2 aromatic rings. The van der Waals surface area contributed by atoms with Crippen molar-refractivity contribution in [2.75, 3.05) is 11.4 Å². The summed E-state index contributed by atoms with van der Waals surface area (Å²) in [5.41, 5.74) is 4.47. The Kier molecular flexibility index (Phi) is 9.90. The van der Waals surface area contributed by atoms with Crippen molar-refractivity contribution in [3.05, 3.63) is 85.0 Å². The number of fused-ring (bicyclic) bond motifs is 2. The summed E-state index contributed by atoms with van der Waals surface area (Å²) in [4.78, 5) is 5.08. The van der Waals surface area contributed by atoms with Crippen molar-refractivity contribution in [1.82, 2.24) is 0 Å². The highest BCUT2D eigenvalue weighted by Crippen LogP contribution is 2.47. The number of nitrogens with zero attached hydrogens (tertiary/aromatic N) is 1. The minimum atomic E-state index is 0.380. The van der Waals surface area contributed by atoms with Gasteiger partial charge in [0.25, 0.3) is 0 Å². The Morgan fingerprint density at radius 1 is 1.00 bits per heavy atom. The van der Waals surface area contributed by atoms with Gasteiger partial charge in [0.05, 0.1) is 11.4 Å². The lowest BCUT2D eigenvalue weighted by Gasteiger charge is -2.31. The van der Waals surface area contributed by atoms with Crippen LogP contribution in [0.5, 0.6) is 0 Å². The number of hydrogen-bond donors (Lipinski definition) is 0. The van der Waals surface area contributed by atoms with Gasteiger partial charge in [-0.15, -0.1) is 0 Å². The van der Waals surface area contributed by atoms with Gasteiger partial charge in [0, 0.05) is 16.3 Å². The second kappa shape index (κ2) is 12.2. The van der Waals surface area contributed by atoms with E-state index in [4.69, 9.17) is 0 Å². The fourth-order valence-electron chi connectivity index (χ4n) is 4.13. The van der Waals surface area contributed by atoms with Crippen molar-refractivity contribution >= 4 is 23.1 Å². The van der Waals surface area contributed by atoms with Crippen molar-refractivity contribution in [3.8, 4) is 0 Å². The van der Waals surface area contributed by atoms with Gasteiger partial charge in [-0.1, -0.05) is 102 Å². The molecule has 0 aromatic heterocycles. The Morgan fingerprint density at radius 3 is 1.94 bits per heavy atom. The van der Waals surface area contributed by atoms with Crippen LogP contribution in [-0.4, -0.2) is 6.54 Å². The van der Waals surface area contributed by atoms with Crippen LogP contribution in [0.3, 0.4) is 0 Å². The van der Waals surface area contributed by atoms with E-state index in [1.165, 1.54) is 33.2 Å². The molecule has 0 fully saturated rings. The second-order valence-corrected chi connectivity index (χ2v) is 10.9. The summed E-state index contributed by atoms with van der Waals surface area (Å²) >= 11 is 1.86. The number of allylic oxidation sites excluding steroid dienone is 5. The maximum Gasteiger partial charge on any atom is 0.0552 e. The zero-order valence-electron chi connectivity index (χ0n) is 21.1. The van der Waals surface area contributed by atoms with Gasteiger partial charge in [-0.2, -0.15) is 0 Å². The maximum absolute atomic E-state index is 3.73. The Labute approximate surface area is 201 Å². The van der Waals surface area contributed by atoms with Crippen LogP contribution in [0.15, 0.2) is 94.8 Å². The molecule has 1 aliphatic rings. The first-order valence-electron chi connectivity index (χ1n) is 11.8. The molecule has 1 heterocycles. The van der Waals surface area contributed by atoms with E-state index < -0.39 is 0 Å². The van der Waals surface area contributed by atoms with Gasteiger partial charge >= 0.3 is 0 Å². The minimum Gasteiger partial charge on any atom is -0.340 e. The molecule has 0 spiro atoms. The SMILES string of the molecule is C=C/C=C\C(=C/C)C(CC(C)(C)C)C(C)C.CCN1c2ccccc2Sc2ccccc21. The summed E-state index contributed by atoms with van der Waals surface area (Å²) in [5.74, 6) is 1.32. The molecule has 0 amide bonds. The van der Waals surface area contributed by atoms with Gasteiger partial charge in [-0.3, -0.25) is 0 Å². The molecule has 1 aliphatic heterocycles. The fraction of sp³-hybridized carbons (Fsp3) is 0.400. The van der Waals surface area contributed by atoms with Crippen LogP contribution in [0.25, 0.3) is 0 Å². The summed E-state index contributed by atoms with van der Waals surface area (Å²) in [5, 5.41) is 0. The lowest BCUT2D eigenvalue weighted by Crippen LogP contribution is -2.19. The zero-order chi connectivity index (χ0) is 23.7. The molecule has 3 rings (SSSR count). The molecule has 0 saturated heterocycles. The van der Waals surface area contributed by atoms with E-state index in [9.17, 15) is 0 Å². The molecule has 1 unspecified atom stereocenters. The highest BCUT2D eigenvalue weighted by Gasteiger charge is 2.23. The first kappa shape index (κ1) is 26.1. The average Bonchev–Trinajstić information content (AvgIpc) is 2.76. The number of hydrogen-bond acceptors (Lipinski definition) is 2. The summed E-state index contributed by atoms with van der Waals surface area (Å²) in [7, 11) is 0. The van der Waals surface area contributed by atoms with E-state index in [2.05, 4.69) is 121 Å². The van der Waals surface area contributed by atoms with Crippen LogP contribution in [-0.2, 0) is 0 Å². The fourth-order valence-corrected chi connectivity index (χ4v) is 5.23. The van der Waals surface area contributed by atoms with Gasteiger partial charge in [-0.25, -0.2) is 0 Å². The summed E-state index contributed by atoms with van der Waals surface area (Å²) < 4.78 is 0. The molecular formula is C30H41NS. The molecule has 1 nitrogen and oxygen atoms in total. The van der Waals surface area contributed by atoms with Gasteiger partial charge in [0.2, 0.25) is 0 Å². The van der Waals surface area contributed by atoms with Crippen LogP contribution in [0.2, 0.25) is 0 Å². The Bertz CT molecular complexity index is 884. The van der Waals surface area contributed by atoms with Crippen LogP contribution in [0, 0.1) is 17.3 Å². The molecule has 0 aliphatic carbocycles. The third kappa shape index (κ3) is 7.17. The van der Waals surface area contributed by atoms with Crippen molar-refractivity contribution in [2.45, 2.75) is 64.7 Å². The predicted octanol–water partition coefficient (Wildman–Crippen LogP) is 9.69. The topological polar surface area (TPSA) is 3.24 Å². The normalized spacial score (nSPS) is 14.5. The average molecular weight is 448 g/mol. The molecule has 1 atom stereocenters. The van der Waals surface area contributed by atoms with Gasteiger partial charge in [0.1, 0.15) is 0 Å². The predicted molar refractivity (Wildman–Crippen MR) is 145 cm³/mol. The largest absolute Gasteiger partial charge is 0.340 e. The van der Waals surface area contributed by atoms with Crippen LogP contribution < -0.4 is 4.90 Å². The summed E-state index contributed by atoms with van der Waals surface area (Å²) in [6.45, 7) is 20.6. The van der Waals surface area contributed by atoms with E-state index in [0.29, 0.717) is 17.3 Å². The van der Waals surface area contributed by atoms with Gasteiger partial charge in [-0.05, 0) is 67.4 Å². The molecule has 0 radical (unpaired) electrons. The third-order valence-electron chi connectivity index (χ3n) is 5.67. The second-order valence-electron chi connectivity index (χ2n) is 9.78. The molecule has 0 saturated carbocycles. The van der Waals surface area contributed by atoms with Crippen LogP contribution in [0.4, 0.5) is 11.4 Å². The molecule has 32 heavy (non-hydrogen) atoms. The monoisotopic (exact) mass is 447 g/mol. The zero-order valence-corrected chi connectivity index (χ0v) is 21.9. The first-order chi connectivity index (χ1) is 15.2. The lowest BCUT2D eigenvalue weighted by molar-refractivity contribution is 0.275. The van der Waals surface area contributed by atoms with Crippen molar-refractivity contribution in [2.24, 2.45) is 17.3 Å². The van der Waals surface area contributed by atoms with E-state index in [-0.39, 0.29) is 0 Å². The van der Waals surface area contributed by atoms with E-state index in [0.717, 1.165) is 6.54 Å². The quantitative estimate of drug-likeness (QED) is 0.405.